The van der Waals surface area contributed by atoms with Crippen LogP contribution in [-0.2, 0) is 5.41 Å². The number of thioether (sulfide) groups is 1. The monoisotopic (exact) mass is 208 g/mol. The molecule has 1 aromatic heterocycles. The van der Waals surface area contributed by atoms with Crippen molar-refractivity contribution >= 4 is 11.8 Å². The molecule has 1 aromatic rings. The zero-order valence-electron chi connectivity index (χ0n) is 8.28. The maximum absolute atomic E-state index is 5.94. The Morgan fingerprint density at radius 2 is 1.93 bits per heavy atom. The summed E-state index contributed by atoms with van der Waals surface area (Å²) >= 11 is 2.04. The van der Waals surface area contributed by atoms with E-state index in [1.165, 1.54) is 29.9 Å². The van der Waals surface area contributed by atoms with Crippen molar-refractivity contribution in [2.45, 2.75) is 18.3 Å². The first-order chi connectivity index (χ1) is 6.87. The van der Waals surface area contributed by atoms with Crippen LogP contribution in [0.15, 0.2) is 24.5 Å². The van der Waals surface area contributed by atoms with Gasteiger partial charge < -0.3 is 5.73 Å². The highest BCUT2D eigenvalue weighted by Gasteiger charge is 2.32. The van der Waals surface area contributed by atoms with E-state index in [0.717, 1.165) is 6.54 Å². The number of rotatable bonds is 2. The normalized spacial score (nSPS) is 20.6. The maximum Gasteiger partial charge on any atom is 0.0270 e. The predicted molar refractivity (Wildman–Crippen MR) is 61.5 cm³/mol. The van der Waals surface area contributed by atoms with Crippen LogP contribution in [0.25, 0.3) is 0 Å². The second-order valence-corrected chi connectivity index (χ2v) is 5.06. The lowest BCUT2D eigenvalue weighted by Gasteiger charge is -2.36. The van der Waals surface area contributed by atoms with Crippen LogP contribution >= 0.6 is 11.8 Å². The van der Waals surface area contributed by atoms with Crippen LogP contribution in [0.2, 0.25) is 0 Å². The molecule has 0 spiro atoms. The van der Waals surface area contributed by atoms with Gasteiger partial charge in [0, 0.05) is 24.4 Å². The maximum atomic E-state index is 5.94. The summed E-state index contributed by atoms with van der Waals surface area (Å²) in [5, 5.41) is 0. The quantitative estimate of drug-likeness (QED) is 0.805. The van der Waals surface area contributed by atoms with Gasteiger partial charge in [-0.1, -0.05) is 0 Å². The van der Waals surface area contributed by atoms with E-state index in [4.69, 9.17) is 5.73 Å². The van der Waals surface area contributed by atoms with Gasteiger partial charge in [-0.15, -0.1) is 0 Å². The molecule has 0 aromatic carbocycles. The molecule has 2 rings (SSSR count). The summed E-state index contributed by atoms with van der Waals surface area (Å²) in [5.41, 5.74) is 7.54. The van der Waals surface area contributed by atoms with Gasteiger partial charge in [0.15, 0.2) is 0 Å². The van der Waals surface area contributed by atoms with Gasteiger partial charge >= 0.3 is 0 Å². The summed E-state index contributed by atoms with van der Waals surface area (Å²) < 4.78 is 0. The SMILES string of the molecule is NCC1(c2ccncc2)CCSCC1. The fourth-order valence-corrected chi connectivity index (χ4v) is 3.35. The van der Waals surface area contributed by atoms with Crippen molar-refractivity contribution in [2.24, 2.45) is 5.73 Å². The van der Waals surface area contributed by atoms with E-state index in [9.17, 15) is 0 Å². The van der Waals surface area contributed by atoms with Crippen LogP contribution in [0, 0.1) is 0 Å². The Balaban J connectivity index is 2.27. The second kappa shape index (κ2) is 4.32. The van der Waals surface area contributed by atoms with Crippen molar-refractivity contribution in [3.63, 3.8) is 0 Å². The molecule has 3 heteroatoms. The molecule has 2 N–H and O–H groups in total. The third kappa shape index (κ3) is 1.79. The van der Waals surface area contributed by atoms with Gasteiger partial charge in [-0.2, -0.15) is 11.8 Å². The Hall–Kier alpha value is -0.540. The summed E-state index contributed by atoms with van der Waals surface area (Å²) in [5.74, 6) is 2.47. The van der Waals surface area contributed by atoms with Gasteiger partial charge in [-0.3, -0.25) is 4.98 Å². The number of aromatic nitrogens is 1. The summed E-state index contributed by atoms with van der Waals surface area (Å²) in [7, 11) is 0. The van der Waals surface area contributed by atoms with Crippen LogP contribution in [0.3, 0.4) is 0 Å². The smallest absolute Gasteiger partial charge is 0.0270 e. The molecule has 0 unspecified atom stereocenters. The molecule has 14 heavy (non-hydrogen) atoms. The van der Waals surface area contributed by atoms with Crippen LogP contribution in [0.5, 0.6) is 0 Å². The zero-order valence-corrected chi connectivity index (χ0v) is 9.09. The Kier molecular flexibility index (Phi) is 3.08. The second-order valence-electron chi connectivity index (χ2n) is 3.83. The number of hydrogen-bond acceptors (Lipinski definition) is 3. The van der Waals surface area contributed by atoms with E-state index >= 15 is 0 Å². The number of nitrogens with zero attached hydrogens (tertiary/aromatic N) is 1. The fraction of sp³-hybridized carbons (Fsp3) is 0.545. The van der Waals surface area contributed by atoms with Gasteiger partial charge in [-0.25, -0.2) is 0 Å². The van der Waals surface area contributed by atoms with Crippen LogP contribution in [0.4, 0.5) is 0 Å². The first-order valence-electron chi connectivity index (χ1n) is 5.06. The van der Waals surface area contributed by atoms with Gasteiger partial charge in [0.05, 0.1) is 0 Å². The first kappa shape index (κ1) is 9.99. The molecule has 1 aliphatic heterocycles. The molecule has 1 saturated heterocycles. The molecule has 2 heterocycles. The molecular weight excluding hydrogens is 192 g/mol. The highest BCUT2D eigenvalue weighted by atomic mass is 32.2. The summed E-state index contributed by atoms with van der Waals surface area (Å²) in [6.07, 6.45) is 6.15. The minimum Gasteiger partial charge on any atom is -0.330 e. The van der Waals surface area contributed by atoms with Crippen molar-refractivity contribution in [1.82, 2.24) is 4.98 Å². The Morgan fingerprint density at radius 1 is 1.29 bits per heavy atom. The molecular formula is C11H16N2S. The van der Waals surface area contributed by atoms with Gasteiger partial charge in [0.1, 0.15) is 0 Å². The minimum atomic E-state index is 0.230. The highest BCUT2D eigenvalue weighted by molar-refractivity contribution is 7.99. The van der Waals surface area contributed by atoms with Gasteiger partial charge in [0.25, 0.3) is 0 Å². The van der Waals surface area contributed by atoms with E-state index in [2.05, 4.69) is 17.1 Å². The average Bonchev–Trinajstić information content (AvgIpc) is 2.31. The van der Waals surface area contributed by atoms with Gasteiger partial charge in [0.2, 0.25) is 0 Å². The molecule has 0 atom stereocenters. The summed E-state index contributed by atoms with van der Waals surface area (Å²) in [6.45, 7) is 0.761. The first-order valence-corrected chi connectivity index (χ1v) is 6.21. The lowest BCUT2D eigenvalue weighted by molar-refractivity contribution is 0.404. The Labute approximate surface area is 89.3 Å². The van der Waals surface area contributed by atoms with Crippen molar-refractivity contribution in [3.05, 3.63) is 30.1 Å². The van der Waals surface area contributed by atoms with Gasteiger partial charge in [-0.05, 0) is 42.0 Å². The Bertz CT molecular complexity index is 281. The van der Waals surface area contributed by atoms with E-state index in [1.807, 2.05) is 24.2 Å². The Morgan fingerprint density at radius 3 is 2.50 bits per heavy atom. The fourth-order valence-electron chi connectivity index (χ4n) is 2.08. The lowest BCUT2D eigenvalue weighted by atomic mass is 9.76. The average molecular weight is 208 g/mol. The topological polar surface area (TPSA) is 38.9 Å². The minimum absolute atomic E-state index is 0.230. The molecule has 1 fully saturated rings. The lowest BCUT2D eigenvalue weighted by Crippen LogP contribution is -2.38. The van der Waals surface area contributed by atoms with Crippen molar-refractivity contribution < 1.29 is 0 Å². The van der Waals surface area contributed by atoms with Crippen LogP contribution in [-0.4, -0.2) is 23.0 Å². The summed E-state index contributed by atoms with van der Waals surface area (Å²) in [6, 6.07) is 4.23. The molecule has 0 bridgehead atoms. The van der Waals surface area contributed by atoms with E-state index < -0.39 is 0 Å². The zero-order chi connectivity index (χ0) is 9.86. The number of nitrogens with two attached hydrogens (primary N) is 1. The molecule has 0 aliphatic carbocycles. The van der Waals surface area contributed by atoms with Crippen LogP contribution in [0.1, 0.15) is 18.4 Å². The third-order valence-corrected chi connectivity index (χ3v) is 4.12. The van der Waals surface area contributed by atoms with E-state index in [1.54, 1.807) is 0 Å². The largest absolute Gasteiger partial charge is 0.330 e. The van der Waals surface area contributed by atoms with E-state index in [-0.39, 0.29) is 5.41 Å². The van der Waals surface area contributed by atoms with Crippen molar-refractivity contribution in [1.29, 1.82) is 0 Å². The molecule has 0 radical (unpaired) electrons. The number of pyridine rings is 1. The molecule has 76 valence electrons. The number of hydrogen-bond donors (Lipinski definition) is 1. The predicted octanol–water partition coefficient (Wildman–Crippen LogP) is 1.81. The third-order valence-electron chi connectivity index (χ3n) is 3.13. The van der Waals surface area contributed by atoms with Crippen LogP contribution < -0.4 is 5.73 Å². The standard InChI is InChI=1S/C11H16N2S/c12-9-11(3-7-14-8-4-11)10-1-5-13-6-2-10/h1-2,5-6H,3-4,7-9,12H2. The van der Waals surface area contributed by atoms with E-state index in [0.29, 0.717) is 0 Å². The van der Waals surface area contributed by atoms with Crippen molar-refractivity contribution in [3.8, 4) is 0 Å². The molecule has 0 amide bonds. The summed E-state index contributed by atoms with van der Waals surface area (Å²) in [4.78, 5) is 4.06. The van der Waals surface area contributed by atoms with Crippen molar-refractivity contribution in [2.75, 3.05) is 18.1 Å². The molecule has 2 nitrogen and oxygen atoms in total. The highest BCUT2D eigenvalue weighted by Crippen LogP contribution is 2.36. The molecule has 0 saturated carbocycles. The molecule has 1 aliphatic rings.